The number of hydrogen-bond acceptors (Lipinski definition) is 3. The molecule has 0 aliphatic rings. The first-order valence-electron chi connectivity index (χ1n) is 5.99. The zero-order valence-electron chi connectivity index (χ0n) is 10.8. The largest absolute Gasteiger partial charge is 0.504 e. The van der Waals surface area contributed by atoms with Crippen molar-refractivity contribution in [1.82, 2.24) is 0 Å². The summed E-state index contributed by atoms with van der Waals surface area (Å²) in [7, 11) is 0. The molecule has 0 amide bonds. The van der Waals surface area contributed by atoms with Gasteiger partial charge in [-0.15, -0.1) is 0 Å². The minimum Gasteiger partial charge on any atom is -0.504 e. The molecule has 0 saturated heterocycles. The maximum Gasteiger partial charge on any atom is 0.234 e. The van der Waals surface area contributed by atoms with Gasteiger partial charge in [0.1, 0.15) is 0 Å². The number of hydrogen-bond donors (Lipinski definition) is 1. The lowest BCUT2D eigenvalue weighted by Crippen LogP contribution is -2.02. The molecular formula is C14H17BrO3. The fourth-order valence-electron chi connectivity index (χ4n) is 1.99. The molecule has 0 heterocycles. The summed E-state index contributed by atoms with van der Waals surface area (Å²) in [6, 6.07) is 3.33. The van der Waals surface area contributed by atoms with Gasteiger partial charge in [0.25, 0.3) is 0 Å². The van der Waals surface area contributed by atoms with Gasteiger partial charge in [0.15, 0.2) is 11.5 Å². The number of rotatable bonds is 4. The van der Waals surface area contributed by atoms with E-state index in [4.69, 9.17) is 0 Å². The van der Waals surface area contributed by atoms with E-state index < -0.39 is 11.2 Å². The van der Waals surface area contributed by atoms with E-state index in [0.717, 1.165) is 18.4 Å². The number of Topliss-reactive ketones (excluding diaryl/α,β-unsaturated/α-hetero) is 1. The maximum atomic E-state index is 11.8. The van der Waals surface area contributed by atoms with Gasteiger partial charge < -0.3 is 5.11 Å². The first-order valence-corrected chi connectivity index (χ1v) is 6.79. The molecule has 1 aromatic carbocycles. The van der Waals surface area contributed by atoms with E-state index in [1.807, 2.05) is 0 Å². The van der Waals surface area contributed by atoms with Gasteiger partial charge in [-0.05, 0) is 59.3 Å². The van der Waals surface area contributed by atoms with Crippen LogP contribution in [-0.4, -0.2) is 10.9 Å². The second-order valence-corrected chi connectivity index (χ2v) is 5.15. The van der Waals surface area contributed by atoms with Crippen LogP contribution in [0, 0.1) is 0 Å². The first kappa shape index (κ1) is 14.9. The lowest BCUT2D eigenvalue weighted by molar-refractivity contribution is 0.101. The Bertz CT molecular complexity index is 519. The third-order valence-corrected chi connectivity index (χ3v) is 3.72. The highest BCUT2D eigenvalue weighted by Crippen LogP contribution is 2.27. The van der Waals surface area contributed by atoms with Gasteiger partial charge in [-0.2, -0.15) is 0 Å². The second kappa shape index (κ2) is 6.14. The van der Waals surface area contributed by atoms with Crippen molar-refractivity contribution >= 4 is 21.7 Å². The van der Waals surface area contributed by atoms with Crippen LogP contribution in [0.5, 0.6) is 5.75 Å². The summed E-state index contributed by atoms with van der Waals surface area (Å²) in [5.41, 5.74) is 0.444. The Morgan fingerprint density at radius 3 is 2.33 bits per heavy atom. The Labute approximate surface area is 115 Å². The molecule has 0 aromatic heterocycles. The second-order valence-electron chi connectivity index (χ2n) is 4.30. The molecule has 98 valence electrons. The molecule has 0 aliphatic carbocycles. The van der Waals surface area contributed by atoms with E-state index in [1.165, 1.54) is 6.92 Å². The Hall–Kier alpha value is -1.16. The molecule has 0 radical (unpaired) electrons. The molecule has 0 unspecified atom stereocenters. The van der Waals surface area contributed by atoms with Crippen molar-refractivity contribution in [2.75, 3.05) is 0 Å². The lowest BCUT2D eigenvalue weighted by atomic mass is 9.94. The molecule has 0 fully saturated rings. The number of ketones is 1. The van der Waals surface area contributed by atoms with Crippen LogP contribution in [0.3, 0.4) is 0 Å². The molecule has 1 aromatic rings. The van der Waals surface area contributed by atoms with E-state index in [0.29, 0.717) is 0 Å². The number of carbonyl (C=O) groups excluding carboxylic acids is 1. The van der Waals surface area contributed by atoms with Crippen LogP contribution in [-0.2, 0) is 0 Å². The maximum absolute atomic E-state index is 11.8. The number of halogens is 1. The summed E-state index contributed by atoms with van der Waals surface area (Å²) in [5, 5.41) is 9.80. The average molecular weight is 313 g/mol. The Balaban J connectivity index is 3.63. The van der Waals surface area contributed by atoms with Crippen molar-refractivity contribution in [2.24, 2.45) is 0 Å². The molecule has 18 heavy (non-hydrogen) atoms. The minimum absolute atomic E-state index is 0.0904. The van der Waals surface area contributed by atoms with Crippen LogP contribution in [0.2, 0.25) is 0 Å². The Morgan fingerprint density at radius 1 is 1.33 bits per heavy atom. The molecule has 0 aliphatic heterocycles. The molecular weight excluding hydrogens is 296 g/mol. The highest BCUT2D eigenvalue weighted by atomic mass is 79.9. The molecule has 1 rings (SSSR count). The van der Waals surface area contributed by atoms with E-state index >= 15 is 0 Å². The van der Waals surface area contributed by atoms with Crippen LogP contribution in [0.25, 0.3) is 0 Å². The summed E-state index contributed by atoms with van der Waals surface area (Å²) in [5.74, 6) is -0.517. The van der Waals surface area contributed by atoms with E-state index in [2.05, 4.69) is 29.8 Å². The molecule has 3 nitrogen and oxygen atoms in total. The SMILES string of the molecule is CCC(CC)c1cc(C(C)=O)c(O)c(=O)c(Br)c1. The highest BCUT2D eigenvalue weighted by Gasteiger charge is 2.15. The van der Waals surface area contributed by atoms with E-state index in [-0.39, 0.29) is 21.7 Å². The zero-order valence-corrected chi connectivity index (χ0v) is 12.4. The normalized spacial score (nSPS) is 10.7. The first-order chi connectivity index (χ1) is 8.42. The summed E-state index contributed by atoms with van der Waals surface area (Å²) in [6.45, 7) is 5.46. The van der Waals surface area contributed by atoms with Crippen LogP contribution in [0.15, 0.2) is 21.4 Å². The molecule has 0 bridgehead atoms. The molecule has 0 saturated carbocycles. The molecule has 4 heteroatoms. The van der Waals surface area contributed by atoms with Gasteiger partial charge in [0.05, 0.1) is 10.0 Å². The number of aromatic hydroxyl groups is 1. The zero-order chi connectivity index (χ0) is 13.9. The van der Waals surface area contributed by atoms with Crippen molar-refractivity contribution in [2.45, 2.75) is 39.5 Å². The monoisotopic (exact) mass is 312 g/mol. The highest BCUT2D eigenvalue weighted by molar-refractivity contribution is 9.10. The third-order valence-electron chi connectivity index (χ3n) is 3.13. The fraction of sp³-hybridized carbons (Fsp3) is 0.429. The third kappa shape index (κ3) is 2.99. The van der Waals surface area contributed by atoms with E-state index in [9.17, 15) is 14.7 Å². The van der Waals surface area contributed by atoms with Gasteiger partial charge in [-0.3, -0.25) is 9.59 Å². The van der Waals surface area contributed by atoms with Gasteiger partial charge in [-0.1, -0.05) is 13.8 Å². The fourth-order valence-corrected chi connectivity index (χ4v) is 2.44. The molecule has 1 N–H and O–H groups in total. The Kier molecular flexibility index (Phi) is 5.08. The van der Waals surface area contributed by atoms with Crippen molar-refractivity contribution in [3.63, 3.8) is 0 Å². The van der Waals surface area contributed by atoms with Gasteiger partial charge in [0, 0.05) is 0 Å². The van der Waals surface area contributed by atoms with E-state index in [1.54, 1.807) is 12.1 Å². The van der Waals surface area contributed by atoms with Crippen molar-refractivity contribution in [1.29, 1.82) is 0 Å². The van der Waals surface area contributed by atoms with Gasteiger partial charge in [0.2, 0.25) is 5.43 Å². The molecule has 0 spiro atoms. The van der Waals surface area contributed by atoms with Gasteiger partial charge in [-0.25, -0.2) is 0 Å². The minimum atomic E-state index is -0.544. The summed E-state index contributed by atoms with van der Waals surface area (Å²) in [6.07, 6.45) is 1.83. The van der Waals surface area contributed by atoms with Crippen molar-refractivity contribution in [3.05, 3.63) is 38.0 Å². The Morgan fingerprint density at radius 2 is 1.89 bits per heavy atom. The summed E-state index contributed by atoms with van der Waals surface area (Å²) >= 11 is 3.15. The molecule has 0 atom stereocenters. The van der Waals surface area contributed by atoms with Gasteiger partial charge >= 0.3 is 0 Å². The average Bonchev–Trinajstić information content (AvgIpc) is 2.43. The lowest BCUT2D eigenvalue weighted by Gasteiger charge is -2.11. The van der Waals surface area contributed by atoms with Crippen LogP contribution in [0.4, 0.5) is 0 Å². The predicted octanol–water partition coefficient (Wildman–Crippen LogP) is 3.62. The summed E-state index contributed by atoms with van der Waals surface area (Å²) < 4.78 is 0.286. The smallest absolute Gasteiger partial charge is 0.234 e. The topological polar surface area (TPSA) is 54.4 Å². The van der Waals surface area contributed by atoms with Crippen molar-refractivity contribution in [3.8, 4) is 5.75 Å². The summed E-state index contributed by atoms with van der Waals surface area (Å²) in [4.78, 5) is 23.3. The predicted molar refractivity (Wildman–Crippen MR) is 75.4 cm³/mol. The van der Waals surface area contributed by atoms with Crippen LogP contribution in [0.1, 0.15) is 55.5 Å². The number of carbonyl (C=O) groups is 1. The standard InChI is InChI=1S/C14H17BrO3/c1-4-9(5-2)10-6-11(8(3)16)13(17)14(18)12(15)7-10/h6-7,9H,4-5H2,1-3H3,(H,17,18). The van der Waals surface area contributed by atoms with Crippen LogP contribution >= 0.6 is 15.9 Å². The van der Waals surface area contributed by atoms with Crippen LogP contribution < -0.4 is 5.43 Å². The van der Waals surface area contributed by atoms with Crippen molar-refractivity contribution < 1.29 is 9.90 Å². The quantitative estimate of drug-likeness (QED) is 0.864.